The number of piperidine rings is 1. The van der Waals surface area contributed by atoms with Gasteiger partial charge in [-0.1, -0.05) is 30.3 Å². The minimum Gasteiger partial charge on any atom is -0.381 e. The van der Waals surface area contributed by atoms with Crippen LogP contribution < -0.4 is 10.6 Å². The number of anilines is 1. The largest absolute Gasteiger partial charge is 0.381 e. The third-order valence-electron chi connectivity index (χ3n) is 5.55. The molecule has 2 aromatic carbocycles. The van der Waals surface area contributed by atoms with Crippen molar-refractivity contribution in [1.82, 2.24) is 10.2 Å². The molecule has 0 aromatic heterocycles. The fourth-order valence-corrected chi connectivity index (χ4v) is 3.90. The van der Waals surface area contributed by atoms with Gasteiger partial charge in [0.25, 0.3) is 5.91 Å². The number of likely N-dealkylation sites (tertiary alicyclic amines) is 1. The van der Waals surface area contributed by atoms with E-state index >= 15 is 0 Å². The minimum atomic E-state index is -0.130. The first-order valence-corrected chi connectivity index (χ1v) is 9.74. The Morgan fingerprint density at radius 1 is 1.07 bits per heavy atom. The highest BCUT2D eigenvalue weighted by molar-refractivity contribution is 6.36. The zero-order chi connectivity index (χ0) is 19.7. The summed E-state index contributed by atoms with van der Waals surface area (Å²) in [5, 5.41) is 6.61. The second-order valence-corrected chi connectivity index (χ2v) is 7.61. The average molecular weight is 375 g/mol. The van der Waals surface area contributed by atoms with Gasteiger partial charge >= 0.3 is 0 Å². The van der Waals surface area contributed by atoms with E-state index in [1.807, 2.05) is 42.5 Å². The molecule has 2 heterocycles. The van der Waals surface area contributed by atoms with E-state index in [4.69, 9.17) is 0 Å². The minimum absolute atomic E-state index is 0.00830. The Balaban J connectivity index is 1.81. The number of hydrogen-bond donors (Lipinski definition) is 2. The number of hydrogen-bond acceptors (Lipinski definition) is 4. The molecule has 0 bridgehead atoms. The molecule has 2 aliphatic heterocycles. The van der Waals surface area contributed by atoms with E-state index < -0.39 is 0 Å². The first-order valence-electron chi connectivity index (χ1n) is 9.74. The van der Waals surface area contributed by atoms with Crippen LogP contribution in [0.15, 0.2) is 48.5 Å². The molecule has 2 aliphatic rings. The summed E-state index contributed by atoms with van der Waals surface area (Å²) in [6.45, 7) is 3.61. The van der Waals surface area contributed by atoms with Gasteiger partial charge in [-0.25, -0.2) is 0 Å². The predicted octanol–water partition coefficient (Wildman–Crippen LogP) is 3.39. The van der Waals surface area contributed by atoms with Gasteiger partial charge in [0.05, 0.1) is 11.3 Å². The van der Waals surface area contributed by atoms with Gasteiger partial charge in [0.1, 0.15) is 0 Å². The second-order valence-electron chi connectivity index (χ2n) is 7.61. The van der Waals surface area contributed by atoms with Crippen LogP contribution in [0.3, 0.4) is 0 Å². The van der Waals surface area contributed by atoms with Gasteiger partial charge in [0, 0.05) is 22.9 Å². The number of fused-ring (bicyclic) bond motifs is 1. The Morgan fingerprint density at radius 2 is 1.79 bits per heavy atom. The summed E-state index contributed by atoms with van der Waals surface area (Å²) in [5.41, 5.74) is 4.59. The van der Waals surface area contributed by atoms with Gasteiger partial charge in [-0.15, -0.1) is 0 Å². The summed E-state index contributed by atoms with van der Waals surface area (Å²) in [6.07, 6.45) is 2.06. The molecule has 2 aromatic rings. The SMILES string of the molecule is CC(=O)c1ccc2c(c1)/C(=C(/NC1CCN(C)CC1)c1ccccc1)C(=O)N2. The number of Topliss-reactive ketones (excluding diaryl/α,β-unsaturated/α-hetero) is 1. The maximum Gasteiger partial charge on any atom is 0.258 e. The first kappa shape index (κ1) is 18.4. The quantitative estimate of drug-likeness (QED) is 0.635. The van der Waals surface area contributed by atoms with Crippen molar-refractivity contribution in [2.75, 3.05) is 25.5 Å². The Kier molecular flexibility index (Phi) is 5.01. The summed E-state index contributed by atoms with van der Waals surface area (Å²) in [6, 6.07) is 15.7. The number of nitrogens with zero attached hydrogens (tertiary/aromatic N) is 1. The highest BCUT2D eigenvalue weighted by Gasteiger charge is 2.30. The molecular formula is C23H25N3O2. The molecule has 0 saturated carbocycles. The molecule has 0 spiro atoms. The molecule has 1 fully saturated rings. The van der Waals surface area contributed by atoms with Crippen molar-refractivity contribution in [3.05, 3.63) is 65.2 Å². The summed E-state index contributed by atoms with van der Waals surface area (Å²) in [5.74, 6) is -0.138. The highest BCUT2D eigenvalue weighted by atomic mass is 16.2. The molecule has 4 rings (SSSR count). The molecule has 1 saturated heterocycles. The van der Waals surface area contributed by atoms with Crippen molar-refractivity contribution >= 4 is 28.6 Å². The fourth-order valence-electron chi connectivity index (χ4n) is 3.90. The van der Waals surface area contributed by atoms with E-state index in [2.05, 4.69) is 22.6 Å². The summed E-state index contributed by atoms with van der Waals surface area (Å²) < 4.78 is 0. The standard InChI is InChI=1S/C23H25N3O2/c1-15(27)17-8-9-20-19(14-17)21(23(28)25-20)22(16-6-4-3-5-7-16)24-18-10-12-26(2)13-11-18/h3-9,14,18,24H,10-13H2,1-2H3,(H,25,28)/b22-21-. The Labute approximate surface area is 165 Å². The number of benzene rings is 2. The van der Waals surface area contributed by atoms with E-state index in [1.165, 1.54) is 0 Å². The number of rotatable bonds is 4. The third-order valence-corrected chi connectivity index (χ3v) is 5.55. The van der Waals surface area contributed by atoms with Crippen molar-refractivity contribution in [2.45, 2.75) is 25.8 Å². The average Bonchev–Trinajstić information content (AvgIpc) is 3.03. The zero-order valence-electron chi connectivity index (χ0n) is 16.3. The van der Waals surface area contributed by atoms with Gasteiger partial charge in [-0.3, -0.25) is 9.59 Å². The van der Waals surface area contributed by atoms with E-state index in [1.54, 1.807) is 13.0 Å². The van der Waals surface area contributed by atoms with Crippen molar-refractivity contribution in [2.24, 2.45) is 0 Å². The Morgan fingerprint density at radius 3 is 2.46 bits per heavy atom. The van der Waals surface area contributed by atoms with Crippen LogP contribution in [0.5, 0.6) is 0 Å². The maximum atomic E-state index is 12.9. The Bertz CT molecular complexity index is 942. The summed E-state index contributed by atoms with van der Waals surface area (Å²) in [7, 11) is 2.14. The van der Waals surface area contributed by atoms with E-state index in [-0.39, 0.29) is 11.7 Å². The van der Waals surface area contributed by atoms with Crippen LogP contribution in [0, 0.1) is 0 Å². The predicted molar refractivity (Wildman–Crippen MR) is 112 cm³/mol. The van der Waals surface area contributed by atoms with Crippen LogP contribution in [0.4, 0.5) is 5.69 Å². The van der Waals surface area contributed by atoms with E-state index in [0.29, 0.717) is 17.2 Å². The van der Waals surface area contributed by atoms with E-state index in [9.17, 15) is 9.59 Å². The molecule has 144 valence electrons. The molecule has 2 N–H and O–H groups in total. The number of nitrogens with one attached hydrogen (secondary N) is 2. The molecule has 5 nitrogen and oxygen atoms in total. The van der Waals surface area contributed by atoms with Crippen LogP contribution in [0.25, 0.3) is 11.3 Å². The molecule has 0 unspecified atom stereocenters. The molecule has 0 radical (unpaired) electrons. The van der Waals surface area contributed by atoms with Crippen molar-refractivity contribution in [3.8, 4) is 0 Å². The normalized spacial score (nSPS) is 19.1. The number of carbonyl (C=O) groups excluding carboxylic acids is 2. The molecule has 1 amide bonds. The van der Waals surface area contributed by atoms with Crippen molar-refractivity contribution in [3.63, 3.8) is 0 Å². The highest BCUT2D eigenvalue weighted by Crippen LogP contribution is 2.37. The smallest absolute Gasteiger partial charge is 0.258 e. The maximum absolute atomic E-state index is 12.9. The topological polar surface area (TPSA) is 61.4 Å². The molecule has 0 atom stereocenters. The number of amides is 1. The summed E-state index contributed by atoms with van der Waals surface area (Å²) >= 11 is 0. The lowest BCUT2D eigenvalue weighted by atomic mass is 9.96. The lowest BCUT2D eigenvalue weighted by molar-refractivity contribution is -0.110. The van der Waals surface area contributed by atoms with Gasteiger partial charge < -0.3 is 15.5 Å². The lowest BCUT2D eigenvalue weighted by Gasteiger charge is -2.31. The molecule has 28 heavy (non-hydrogen) atoms. The van der Waals surface area contributed by atoms with Gasteiger partial charge in [0.2, 0.25) is 0 Å². The van der Waals surface area contributed by atoms with Gasteiger partial charge in [-0.2, -0.15) is 0 Å². The van der Waals surface area contributed by atoms with E-state index in [0.717, 1.165) is 48.4 Å². The lowest BCUT2D eigenvalue weighted by Crippen LogP contribution is -2.40. The molecule has 5 heteroatoms. The van der Waals surface area contributed by atoms with Crippen LogP contribution in [0.1, 0.15) is 41.3 Å². The van der Waals surface area contributed by atoms with Crippen molar-refractivity contribution < 1.29 is 9.59 Å². The van der Waals surface area contributed by atoms with Crippen LogP contribution in [-0.4, -0.2) is 42.8 Å². The summed E-state index contributed by atoms with van der Waals surface area (Å²) in [4.78, 5) is 27.1. The van der Waals surface area contributed by atoms with Gasteiger partial charge in [-0.05, 0) is 63.7 Å². The monoisotopic (exact) mass is 375 g/mol. The Hall–Kier alpha value is -2.92. The van der Waals surface area contributed by atoms with Gasteiger partial charge in [0.15, 0.2) is 5.78 Å². The number of carbonyl (C=O) groups is 2. The molecular weight excluding hydrogens is 350 g/mol. The van der Waals surface area contributed by atoms with Crippen LogP contribution in [0.2, 0.25) is 0 Å². The fraction of sp³-hybridized carbons (Fsp3) is 0.304. The van der Waals surface area contributed by atoms with Crippen LogP contribution in [-0.2, 0) is 4.79 Å². The van der Waals surface area contributed by atoms with Crippen LogP contribution >= 0.6 is 0 Å². The van der Waals surface area contributed by atoms with Crippen molar-refractivity contribution in [1.29, 1.82) is 0 Å². The first-order chi connectivity index (χ1) is 13.5. The second kappa shape index (κ2) is 7.60. The third kappa shape index (κ3) is 3.58. The zero-order valence-corrected chi connectivity index (χ0v) is 16.3. The number of ketones is 1. The molecule has 0 aliphatic carbocycles.